The average molecular weight is 822 g/mol. The maximum atomic E-state index is 5.41. The molecule has 0 saturated carbocycles. The highest BCUT2D eigenvalue weighted by Crippen LogP contribution is 2.39. The number of rotatable bonds is 6. The van der Waals surface area contributed by atoms with E-state index >= 15 is 0 Å². The van der Waals surface area contributed by atoms with Gasteiger partial charge in [0, 0.05) is 47.3 Å². The molecule has 0 bridgehead atoms. The second-order valence-electron chi connectivity index (χ2n) is 16.1. The van der Waals surface area contributed by atoms with E-state index in [0.717, 1.165) is 71.4 Å². The minimum Gasteiger partial charge on any atom is -0.278 e. The summed E-state index contributed by atoms with van der Waals surface area (Å²) in [5.74, 6) is 1.70. The zero-order valence-corrected chi connectivity index (χ0v) is 34.7. The van der Waals surface area contributed by atoms with Crippen molar-refractivity contribution in [3.05, 3.63) is 212 Å². The molecule has 6 heteroatoms. The molecule has 0 unspecified atom stereocenters. The summed E-state index contributed by atoms with van der Waals surface area (Å²) in [6.07, 6.45) is 0. The van der Waals surface area contributed by atoms with Gasteiger partial charge < -0.3 is 0 Å². The Morgan fingerprint density at radius 3 is 1.37 bits per heavy atom. The van der Waals surface area contributed by atoms with Gasteiger partial charge in [-0.25, -0.2) is 0 Å². The first kappa shape index (κ1) is 35.6. The molecule has 4 heterocycles. The van der Waals surface area contributed by atoms with Crippen LogP contribution in [0, 0.1) is 0 Å². The number of aromatic nitrogens is 5. The fraction of sp³-hybridized carbons (Fsp3) is 0. The van der Waals surface area contributed by atoms with Crippen LogP contribution in [0.1, 0.15) is 0 Å². The normalized spacial score (nSPS) is 11.8. The van der Waals surface area contributed by atoms with Gasteiger partial charge in [-0.05, 0) is 88.0 Å². The van der Waals surface area contributed by atoms with Crippen LogP contribution in [0.2, 0.25) is 0 Å². The minimum atomic E-state index is 0.553. The molecule has 0 amide bonds. The number of nitrogens with zero attached hydrogens (tertiary/aromatic N) is 5. The molecule has 0 saturated heterocycles. The standard InChI is InChI=1S/C57H35N5S/c1-2-14-36(15-3-1)41-28-30-46-45-22-6-10-26-51(45)62(52(46)35-41)57-59-55(58-56(60-57)61-49-24-8-4-20-43(49)44-21-5-9-25-50(44)61)42-19-13-18-39(33-42)37-16-12-17-38(32-37)40-29-31-54-48(34-40)47-23-7-11-27-53(47)63-54/h1-35H. The Hall–Kier alpha value is -8.19. The highest BCUT2D eigenvalue weighted by molar-refractivity contribution is 7.25. The van der Waals surface area contributed by atoms with Crippen molar-refractivity contribution < 1.29 is 0 Å². The fourth-order valence-electron chi connectivity index (χ4n) is 9.44. The number of benzene rings is 9. The van der Waals surface area contributed by atoms with Gasteiger partial charge in [0.25, 0.3) is 0 Å². The van der Waals surface area contributed by atoms with Crippen molar-refractivity contribution in [2.45, 2.75) is 0 Å². The highest BCUT2D eigenvalue weighted by atomic mass is 32.1. The van der Waals surface area contributed by atoms with Crippen molar-refractivity contribution in [3.8, 4) is 56.7 Å². The van der Waals surface area contributed by atoms with E-state index in [4.69, 9.17) is 15.0 Å². The van der Waals surface area contributed by atoms with Gasteiger partial charge >= 0.3 is 0 Å². The van der Waals surface area contributed by atoms with Crippen molar-refractivity contribution >= 4 is 75.1 Å². The van der Waals surface area contributed by atoms with Crippen LogP contribution < -0.4 is 0 Å². The summed E-state index contributed by atoms with van der Waals surface area (Å²) in [5.41, 5.74) is 11.9. The lowest BCUT2D eigenvalue weighted by atomic mass is 9.97. The molecule has 4 aromatic heterocycles. The van der Waals surface area contributed by atoms with E-state index < -0.39 is 0 Å². The van der Waals surface area contributed by atoms with Gasteiger partial charge in [-0.15, -0.1) is 11.3 Å². The molecule has 9 aromatic carbocycles. The smallest absolute Gasteiger partial charge is 0.240 e. The molecule has 0 radical (unpaired) electrons. The van der Waals surface area contributed by atoms with Crippen LogP contribution in [0.15, 0.2) is 212 Å². The van der Waals surface area contributed by atoms with Gasteiger partial charge in [0.15, 0.2) is 5.82 Å². The van der Waals surface area contributed by atoms with Crippen LogP contribution >= 0.6 is 11.3 Å². The van der Waals surface area contributed by atoms with Crippen LogP contribution in [0.4, 0.5) is 0 Å². The lowest BCUT2D eigenvalue weighted by Gasteiger charge is -2.13. The zero-order chi connectivity index (χ0) is 41.4. The van der Waals surface area contributed by atoms with Crippen LogP contribution in [-0.4, -0.2) is 24.1 Å². The average Bonchev–Trinajstić information content (AvgIpc) is 4.01. The lowest BCUT2D eigenvalue weighted by molar-refractivity contribution is 0.893. The predicted octanol–water partition coefficient (Wildman–Crippen LogP) is 15.1. The molecule has 0 spiro atoms. The molecule has 0 atom stereocenters. The third kappa shape index (κ3) is 5.80. The Kier molecular flexibility index (Phi) is 8.01. The lowest BCUT2D eigenvalue weighted by Crippen LogP contribution is -2.10. The van der Waals surface area contributed by atoms with Crippen LogP contribution in [0.3, 0.4) is 0 Å². The molecular formula is C57H35N5S. The Bertz CT molecular complexity index is 3880. The summed E-state index contributed by atoms with van der Waals surface area (Å²) in [4.78, 5) is 16.2. The maximum Gasteiger partial charge on any atom is 0.240 e. The van der Waals surface area contributed by atoms with Crippen LogP contribution in [-0.2, 0) is 0 Å². The number of fused-ring (bicyclic) bond motifs is 9. The maximum absolute atomic E-state index is 5.41. The van der Waals surface area contributed by atoms with Crippen LogP contribution in [0.25, 0.3) is 120 Å². The Balaban J connectivity index is 1.01. The van der Waals surface area contributed by atoms with Gasteiger partial charge in [-0.2, -0.15) is 15.0 Å². The molecule has 13 rings (SSSR count). The summed E-state index contributed by atoms with van der Waals surface area (Å²) in [5, 5.41) is 7.17. The number of hydrogen-bond donors (Lipinski definition) is 0. The van der Waals surface area contributed by atoms with E-state index in [2.05, 4.69) is 221 Å². The molecule has 0 aliphatic heterocycles. The Labute approximate surface area is 366 Å². The van der Waals surface area contributed by atoms with Crippen LogP contribution in [0.5, 0.6) is 0 Å². The molecule has 0 aliphatic rings. The zero-order valence-electron chi connectivity index (χ0n) is 33.9. The second-order valence-corrected chi connectivity index (χ2v) is 17.1. The number of hydrogen-bond acceptors (Lipinski definition) is 4. The molecule has 13 aromatic rings. The van der Waals surface area contributed by atoms with E-state index in [1.807, 2.05) is 11.3 Å². The van der Waals surface area contributed by atoms with Crippen molar-refractivity contribution in [2.24, 2.45) is 0 Å². The summed E-state index contributed by atoms with van der Waals surface area (Å²) in [7, 11) is 0. The van der Waals surface area contributed by atoms with Gasteiger partial charge in [0.1, 0.15) is 0 Å². The minimum absolute atomic E-state index is 0.553. The molecule has 5 nitrogen and oxygen atoms in total. The summed E-state index contributed by atoms with van der Waals surface area (Å²) in [6.45, 7) is 0. The third-order valence-electron chi connectivity index (χ3n) is 12.4. The van der Waals surface area contributed by atoms with E-state index in [1.54, 1.807) is 0 Å². The van der Waals surface area contributed by atoms with Crippen molar-refractivity contribution in [1.29, 1.82) is 0 Å². The van der Waals surface area contributed by atoms with Crippen molar-refractivity contribution in [2.75, 3.05) is 0 Å². The first-order valence-electron chi connectivity index (χ1n) is 21.2. The van der Waals surface area contributed by atoms with E-state index in [0.29, 0.717) is 17.7 Å². The summed E-state index contributed by atoms with van der Waals surface area (Å²) in [6, 6.07) is 75.7. The molecule has 0 N–H and O–H groups in total. The molecule has 63 heavy (non-hydrogen) atoms. The number of para-hydroxylation sites is 3. The molecular weight excluding hydrogens is 787 g/mol. The largest absolute Gasteiger partial charge is 0.278 e. The summed E-state index contributed by atoms with van der Waals surface area (Å²) < 4.78 is 7.01. The monoisotopic (exact) mass is 821 g/mol. The van der Waals surface area contributed by atoms with E-state index in [1.165, 1.54) is 31.3 Å². The molecule has 294 valence electrons. The number of thiophene rings is 1. The Morgan fingerprint density at radius 1 is 0.270 bits per heavy atom. The quantitative estimate of drug-likeness (QED) is 0.168. The first-order chi connectivity index (χ1) is 31.2. The first-order valence-corrected chi connectivity index (χ1v) is 22.0. The molecule has 0 fully saturated rings. The second kappa shape index (κ2) is 14.2. The summed E-state index contributed by atoms with van der Waals surface area (Å²) >= 11 is 1.85. The van der Waals surface area contributed by atoms with Crippen molar-refractivity contribution in [1.82, 2.24) is 24.1 Å². The van der Waals surface area contributed by atoms with Gasteiger partial charge in [-0.3, -0.25) is 9.13 Å². The Morgan fingerprint density at radius 2 is 0.714 bits per heavy atom. The molecule has 0 aliphatic carbocycles. The van der Waals surface area contributed by atoms with Gasteiger partial charge in [0.2, 0.25) is 11.9 Å². The predicted molar refractivity (Wildman–Crippen MR) is 263 cm³/mol. The van der Waals surface area contributed by atoms with E-state index in [-0.39, 0.29) is 0 Å². The highest BCUT2D eigenvalue weighted by Gasteiger charge is 2.21. The fourth-order valence-corrected chi connectivity index (χ4v) is 10.5. The van der Waals surface area contributed by atoms with Gasteiger partial charge in [-0.1, -0.05) is 158 Å². The van der Waals surface area contributed by atoms with Gasteiger partial charge in [0.05, 0.1) is 22.1 Å². The topological polar surface area (TPSA) is 48.5 Å². The third-order valence-corrected chi connectivity index (χ3v) is 13.6. The van der Waals surface area contributed by atoms with E-state index in [9.17, 15) is 0 Å². The SMILES string of the molecule is c1ccc(-c2ccc3c4ccccc4n(-c4nc(-c5cccc(-c6cccc(-c7ccc8sc9ccccc9c8c7)c6)c5)nc(-n5c6ccccc6c6ccccc65)n4)c3c2)cc1. The van der Waals surface area contributed by atoms with Crippen molar-refractivity contribution in [3.63, 3.8) is 0 Å².